The number of carbonyl (C=O) groups is 1. The molecule has 1 amide bonds. The van der Waals surface area contributed by atoms with Crippen LogP contribution in [0.15, 0.2) is 24.3 Å². The predicted molar refractivity (Wildman–Crippen MR) is 71.1 cm³/mol. The van der Waals surface area contributed by atoms with Gasteiger partial charge in [0.1, 0.15) is 11.9 Å². The first kappa shape index (κ1) is 13.8. The number of ether oxygens (including phenoxy) is 1. The van der Waals surface area contributed by atoms with Crippen molar-refractivity contribution in [3.63, 3.8) is 0 Å². The van der Waals surface area contributed by atoms with Crippen molar-refractivity contribution in [1.82, 2.24) is 4.90 Å². The summed E-state index contributed by atoms with van der Waals surface area (Å²) in [6.45, 7) is 8.62. The molecule has 19 heavy (non-hydrogen) atoms. The summed E-state index contributed by atoms with van der Waals surface area (Å²) in [6, 6.07) is 6.21. The third kappa shape index (κ3) is 2.88. The smallest absolute Gasteiger partial charge is 0.410 e. The van der Waals surface area contributed by atoms with Crippen molar-refractivity contribution in [3.05, 3.63) is 35.6 Å². The highest BCUT2D eigenvalue weighted by molar-refractivity contribution is 5.70. The van der Waals surface area contributed by atoms with Gasteiger partial charge in [0, 0.05) is 12.0 Å². The van der Waals surface area contributed by atoms with Crippen molar-refractivity contribution in [1.29, 1.82) is 0 Å². The fourth-order valence-corrected chi connectivity index (χ4v) is 2.50. The molecule has 0 saturated carbocycles. The van der Waals surface area contributed by atoms with Crippen molar-refractivity contribution >= 4 is 6.09 Å². The predicted octanol–water partition coefficient (Wildman–Crippen LogP) is 3.58. The molecule has 1 aromatic rings. The van der Waals surface area contributed by atoms with Crippen LogP contribution in [0.5, 0.6) is 0 Å². The first-order valence-corrected chi connectivity index (χ1v) is 6.51. The van der Waals surface area contributed by atoms with Crippen LogP contribution in [0.4, 0.5) is 9.18 Å². The van der Waals surface area contributed by atoms with E-state index in [9.17, 15) is 9.18 Å². The van der Waals surface area contributed by atoms with E-state index in [1.807, 2.05) is 6.92 Å². The second kappa shape index (κ2) is 4.83. The zero-order chi connectivity index (χ0) is 14.2. The highest BCUT2D eigenvalue weighted by atomic mass is 19.1. The first-order chi connectivity index (χ1) is 8.79. The average molecular weight is 265 g/mol. The molecule has 104 valence electrons. The summed E-state index contributed by atoms with van der Waals surface area (Å²) in [5.74, 6) is -0.270. The van der Waals surface area contributed by atoms with Crippen LogP contribution in [0.1, 0.15) is 33.3 Å². The molecule has 0 radical (unpaired) electrons. The van der Waals surface area contributed by atoms with Crippen molar-refractivity contribution in [2.45, 2.75) is 46.4 Å². The molecule has 0 aromatic heterocycles. The topological polar surface area (TPSA) is 29.5 Å². The minimum Gasteiger partial charge on any atom is -0.443 e. The van der Waals surface area contributed by atoms with Crippen LogP contribution in [0.25, 0.3) is 0 Å². The third-order valence-corrected chi connectivity index (χ3v) is 3.51. The normalized spacial score (nSPS) is 23.6. The molecule has 0 spiro atoms. The number of amides is 1. The lowest BCUT2D eigenvalue weighted by Gasteiger charge is -2.29. The molecule has 2 atom stereocenters. The molecule has 4 heteroatoms. The van der Waals surface area contributed by atoms with E-state index < -0.39 is 0 Å². The van der Waals surface area contributed by atoms with E-state index in [2.05, 4.69) is 20.8 Å². The fourth-order valence-electron chi connectivity index (χ4n) is 2.50. The lowest BCUT2D eigenvalue weighted by molar-refractivity contribution is 0.0583. The standard InChI is InChI=1S/C15H20FNO2/c1-10-13(15(2,3)4)19-14(18)17(10)9-11-5-7-12(16)8-6-11/h5-8,10,13H,9H2,1-4H3/t10-,13+/m1/s1. The van der Waals surface area contributed by atoms with Crippen LogP contribution >= 0.6 is 0 Å². The summed E-state index contributed by atoms with van der Waals surface area (Å²) in [7, 11) is 0. The largest absolute Gasteiger partial charge is 0.443 e. The number of nitrogens with zero attached hydrogens (tertiary/aromatic N) is 1. The number of benzene rings is 1. The minimum atomic E-state index is -0.295. The van der Waals surface area contributed by atoms with Gasteiger partial charge in [-0.15, -0.1) is 0 Å². The van der Waals surface area contributed by atoms with Crippen molar-refractivity contribution in [2.75, 3.05) is 0 Å². The Morgan fingerprint density at radius 1 is 1.26 bits per heavy atom. The molecule has 1 fully saturated rings. The van der Waals surface area contributed by atoms with Crippen molar-refractivity contribution in [2.24, 2.45) is 5.41 Å². The zero-order valence-electron chi connectivity index (χ0n) is 11.8. The van der Waals surface area contributed by atoms with E-state index in [0.717, 1.165) is 5.56 Å². The third-order valence-electron chi connectivity index (χ3n) is 3.51. The molecule has 2 rings (SSSR count). The molecule has 1 aromatic carbocycles. The van der Waals surface area contributed by atoms with E-state index in [4.69, 9.17) is 4.74 Å². The van der Waals surface area contributed by atoms with Crippen LogP contribution < -0.4 is 0 Å². The maximum absolute atomic E-state index is 12.9. The van der Waals surface area contributed by atoms with E-state index >= 15 is 0 Å². The Hall–Kier alpha value is -1.58. The summed E-state index contributed by atoms with van der Waals surface area (Å²) in [4.78, 5) is 13.6. The van der Waals surface area contributed by atoms with Gasteiger partial charge < -0.3 is 4.74 Å². The second-order valence-corrected chi connectivity index (χ2v) is 6.17. The number of halogens is 1. The molecule has 1 aliphatic rings. The average Bonchev–Trinajstić information content (AvgIpc) is 2.59. The van der Waals surface area contributed by atoms with Crippen molar-refractivity contribution in [3.8, 4) is 0 Å². The Morgan fingerprint density at radius 3 is 2.32 bits per heavy atom. The minimum absolute atomic E-state index is 0.0116. The Labute approximate surface area is 113 Å². The molecule has 3 nitrogen and oxygen atoms in total. The molecule has 1 aliphatic heterocycles. The van der Waals surface area contributed by atoms with Crippen LogP contribution in [0.3, 0.4) is 0 Å². The Kier molecular flexibility index (Phi) is 3.52. The first-order valence-electron chi connectivity index (χ1n) is 6.51. The molecule has 0 bridgehead atoms. The number of carbonyl (C=O) groups excluding carboxylic acids is 1. The monoisotopic (exact) mass is 265 g/mol. The lowest BCUT2D eigenvalue weighted by atomic mass is 9.85. The van der Waals surface area contributed by atoms with Gasteiger partial charge in [-0.3, -0.25) is 4.90 Å². The van der Waals surface area contributed by atoms with Crippen molar-refractivity contribution < 1.29 is 13.9 Å². The number of cyclic esters (lactones) is 1. The second-order valence-electron chi connectivity index (χ2n) is 6.17. The van der Waals surface area contributed by atoms with Gasteiger partial charge in [-0.25, -0.2) is 9.18 Å². The molecule has 1 saturated heterocycles. The van der Waals surface area contributed by atoms with E-state index in [0.29, 0.717) is 6.54 Å². The Bertz CT molecular complexity index is 464. The highest BCUT2D eigenvalue weighted by Crippen LogP contribution is 2.33. The fraction of sp³-hybridized carbons (Fsp3) is 0.533. The maximum Gasteiger partial charge on any atom is 0.410 e. The van der Waals surface area contributed by atoms with Gasteiger partial charge in [-0.05, 0) is 24.6 Å². The molecule has 0 N–H and O–H groups in total. The quantitative estimate of drug-likeness (QED) is 0.818. The Balaban J connectivity index is 2.13. The summed E-state index contributed by atoms with van der Waals surface area (Å²) < 4.78 is 18.3. The van der Waals surface area contributed by atoms with Gasteiger partial charge >= 0.3 is 6.09 Å². The number of hydrogen-bond acceptors (Lipinski definition) is 2. The van der Waals surface area contributed by atoms with Gasteiger partial charge in [0.25, 0.3) is 0 Å². The molecular formula is C15H20FNO2. The van der Waals surface area contributed by atoms with Gasteiger partial charge in [0.2, 0.25) is 0 Å². The Morgan fingerprint density at radius 2 is 1.84 bits per heavy atom. The van der Waals surface area contributed by atoms with E-state index in [1.165, 1.54) is 12.1 Å². The number of rotatable bonds is 2. The maximum atomic E-state index is 12.9. The molecular weight excluding hydrogens is 245 g/mol. The van der Waals surface area contributed by atoms with Gasteiger partial charge in [-0.2, -0.15) is 0 Å². The SMILES string of the molecule is C[C@@H]1[C@@H](C(C)(C)C)OC(=O)N1Cc1ccc(F)cc1. The summed E-state index contributed by atoms with van der Waals surface area (Å²) in [6.07, 6.45) is -0.419. The van der Waals surface area contributed by atoms with Crippen LogP contribution in [-0.2, 0) is 11.3 Å². The van der Waals surface area contributed by atoms with E-state index in [-0.39, 0.29) is 29.5 Å². The van der Waals surface area contributed by atoms with Crippen LogP contribution in [0.2, 0.25) is 0 Å². The summed E-state index contributed by atoms with van der Waals surface area (Å²) >= 11 is 0. The highest BCUT2D eigenvalue weighted by Gasteiger charge is 2.44. The molecule has 1 heterocycles. The molecule has 0 unspecified atom stereocenters. The summed E-state index contributed by atoms with van der Waals surface area (Å²) in [5, 5.41) is 0. The zero-order valence-corrected chi connectivity index (χ0v) is 11.8. The van der Waals surface area contributed by atoms with Crippen LogP contribution in [-0.4, -0.2) is 23.1 Å². The van der Waals surface area contributed by atoms with E-state index in [1.54, 1.807) is 17.0 Å². The van der Waals surface area contributed by atoms with Gasteiger partial charge in [0.05, 0.1) is 6.04 Å². The number of hydrogen-bond donors (Lipinski definition) is 0. The lowest BCUT2D eigenvalue weighted by Crippen LogP contribution is -2.39. The summed E-state index contributed by atoms with van der Waals surface area (Å²) in [5.41, 5.74) is 0.812. The molecule has 0 aliphatic carbocycles. The van der Waals surface area contributed by atoms with Gasteiger partial charge in [-0.1, -0.05) is 32.9 Å². The van der Waals surface area contributed by atoms with Crippen LogP contribution in [0, 0.1) is 11.2 Å². The van der Waals surface area contributed by atoms with Gasteiger partial charge in [0.15, 0.2) is 0 Å².